The summed E-state index contributed by atoms with van der Waals surface area (Å²) < 4.78 is 30.6. The predicted octanol–water partition coefficient (Wildman–Crippen LogP) is 7.29. The Labute approximate surface area is 218 Å². The van der Waals surface area contributed by atoms with Crippen molar-refractivity contribution >= 4 is 22.6 Å². The summed E-state index contributed by atoms with van der Waals surface area (Å²) in [5.41, 5.74) is 2.81. The topological polar surface area (TPSA) is 82.1 Å². The van der Waals surface area contributed by atoms with Gasteiger partial charge in [-0.25, -0.2) is 13.8 Å². The van der Waals surface area contributed by atoms with Gasteiger partial charge in [-0.15, -0.1) is 0 Å². The SMILES string of the molecule is Cc1cc(C#N)c(C(O)C(C2CCCC2)n2c(-c3ccc(Cl)cc3)nc3cc(F)c(F)cc32)c(C)c1O. The highest BCUT2D eigenvalue weighted by molar-refractivity contribution is 6.30. The second kappa shape index (κ2) is 9.77. The molecule has 0 aliphatic heterocycles. The van der Waals surface area contributed by atoms with Crippen molar-refractivity contribution in [3.05, 3.63) is 81.4 Å². The summed E-state index contributed by atoms with van der Waals surface area (Å²) in [5, 5.41) is 33.2. The molecule has 1 saturated carbocycles. The number of nitriles is 1. The third kappa shape index (κ3) is 4.35. The van der Waals surface area contributed by atoms with E-state index in [-0.39, 0.29) is 22.7 Å². The number of imidazole rings is 1. The predicted molar refractivity (Wildman–Crippen MR) is 138 cm³/mol. The van der Waals surface area contributed by atoms with E-state index < -0.39 is 23.8 Å². The van der Waals surface area contributed by atoms with Gasteiger partial charge in [-0.3, -0.25) is 0 Å². The molecule has 2 atom stereocenters. The van der Waals surface area contributed by atoms with Crippen LogP contribution in [0.3, 0.4) is 0 Å². The molecule has 0 saturated heterocycles. The number of rotatable bonds is 5. The second-order valence-corrected chi connectivity index (χ2v) is 10.2. The molecule has 2 unspecified atom stereocenters. The smallest absolute Gasteiger partial charge is 0.161 e. The van der Waals surface area contributed by atoms with E-state index in [2.05, 4.69) is 11.1 Å². The first-order valence-electron chi connectivity index (χ1n) is 12.3. The zero-order valence-electron chi connectivity index (χ0n) is 20.5. The summed E-state index contributed by atoms with van der Waals surface area (Å²) in [6, 6.07) is 12.2. The normalized spacial score (nSPS) is 15.7. The molecule has 4 aromatic rings. The van der Waals surface area contributed by atoms with Crippen LogP contribution in [0.4, 0.5) is 8.78 Å². The fourth-order valence-electron chi connectivity index (χ4n) is 5.74. The molecule has 37 heavy (non-hydrogen) atoms. The summed E-state index contributed by atoms with van der Waals surface area (Å²) in [6.07, 6.45) is 2.32. The molecule has 1 aliphatic rings. The van der Waals surface area contributed by atoms with Gasteiger partial charge in [-0.2, -0.15) is 5.26 Å². The van der Waals surface area contributed by atoms with Crippen molar-refractivity contribution in [1.82, 2.24) is 9.55 Å². The first-order valence-corrected chi connectivity index (χ1v) is 12.6. The largest absolute Gasteiger partial charge is 0.507 e. The summed E-state index contributed by atoms with van der Waals surface area (Å²) >= 11 is 6.11. The maximum atomic E-state index is 14.6. The molecule has 8 heteroatoms. The Kier molecular flexibility index (Phi) is 6.65. The first kappa shape index (κ1) is 25.2. The minimum atomic E-state index is -1.22. The summed E-state index contributed by atoms with van der Waals surface area (Å²) in [7, 11) is 0. The number of hydrogen-bond donors (Lipinski definition) is 2. The Bertz CT molecular complexity index is 1540. The van der Waals surface area contributed by atoms with Crippen molar-refractivity contribution in [2.24, 2.45) is 5.92 Å². The number of phenolic OH excluding ortho intramolecular Hbond substituents is 1. The number of phenols is 1. The Hall–Kier alpha value is -3.47. The number of benzene rings is 3. The molecule has 5 rings (SSSR count). The van der Waals surface area contributed by atoms with Crippen LogP contribution in [0, 0.1) is 42.7 Å². The maximum Gasteiger partial charge on any atom is 0.161 e. The number of nitrogens with zero attached hydrogens (tertiary/aromatic N) is 3. The molecule has 2 N–H and O–H groups in total. The van der Waals surface area contributed by atoms with Gasteiger partial charge < -0.3 is 14.8 Å². The Morgan fingerprint density at radius 3 is 2.38 bits per heavy atom. The molecular formula is C29H26ClF2N3O2. The first-order chi connectivity index (χ1) is 17.7. The lowest BCUT2D eigenvalue weighted by atomic mass is 9.84. The zero-order chi connectivity index (χ0) is 26.4. The highest BCUT2D eigenvalue weighted by Crippen LogP contribution is 2.47. The van der Waals surface area contributed by atoms with Crippen molar-refractivity contribution in [3.63, 3.8) is 0 Å². The molecule has 0 radical (unpaired) electrons. The van der Waals surface area contributed by atoms with Crippen LogP contribution in [0.25, 0.3) is 22.4 Å². The molecule has 3 aromatic carbocycles. The van der Waals surface area contributed by atoms with E-state index >= 15 is 0 Å². The Balaban J connectivity index is 1.82. The molecular weight excluding hydrogens is 496 g/mol. The molecule has 5 nitrogen and oxygen atoms in total. The zero-order valence-corrected chi connectivity index (χ0v) is 21.2. The van der Waals surface area contributed by atoms with Crippen molar-refractivity contribution < 1.29 is 19.0 Å². The van der Waals surface area contributed by atoms with Gasteiger partial charge in [0.15, 0.2) is 11.6 Å². The van der Waals surface area contributed by atoms with Crippen LogP contribution in [-0.4, -0.2) is 19.8 Å². The molecule has 1 fully saturated rings. The van der Waals surface area contributed by atoms with E-state index in [1.165, 1.54) is 0 Å². The number of hydrogen-bond acceptors (Lipinski definition) is 4. The highest BCUT2D eigenvalue weighted by Gasteiger charge is 2.38. The van der Waals surface area contributed by atoms with Crippen LogP contribution in [0.5, 0.6) is 5.75 Å². The number of fused-ring (bicyclic) bond motifs is 1. The van der Waals surface area contributed by atoms with Crippen molar-refractivity contribution in [2.45, 2.75) is 51.7 Å². The van der Waals surface area contributed by atoms with Crippen LogP contribution < -0.4 is 0 Å². The standard InChI is InChI=1S/C29H26ClF2N3O2/c1-15-11-19(14-33)25(16(2)27(15)36)28(37)26(17-5-3-4-6-17)35-24-13-22(32)21(31)12-23(24)34-29(35)18-7-9-20(30)10-8-18/h7-13,17,26,28,36-37H,3-6H2,1-2H3. The molecule has 1 heterocycles. The van der Waals surface area contributed by atoms with E-state index in [9.17, 15) is 24.3 Å². The summed E-state index contributed by atoms with van der Waals surface area (Å²) in [5.74, 6) is -1.61. The monoisotopic (exact) mass is 521 g/mol. The average Bonchev–Trinajstić information content (AvgIpc) is 3.52. The van der Waals surface area contributed by atoms with Crippen LogP contribution >= 0.6 is 11.6 Å². The third-order valence-electron chi connectivity index (χ3n) is 7.54. The van der Waals surface area contributed by atoms with Crippen molar-refractivity contribution in [2.75, 3.05) is 0 Å². The average molecular weight is 522 g/mol. The van der Waals surface area contributed by atoms with E-state index in [1.54, 1.807) is 48.7 Å². The van der Waals surface area contributed by atoms with Crippen LogP contribution in [0.15, 0.2) is 42.5 Å². The number of halogens is 3. The molecule has 0 spiro atoms. The van der Waals surface area contributed by atoms with Crippen molar-refractivity contribution in [1.29, 1.82) is 5.26 Å². The quantitative estimate of drug-likeness (QED) is 0.289. The van der Waals surface area contributed by atoms with Crippen molar-refractivity contribution in [3.8, 4) is 23.2 Å². The molecule has 1 aliphatic carbocycles. The van der Waals surface area contributed by atoms with Gasteiger partial charge in [0.25, 0.3) is 0 Å². The Morgan fingerprint density at radius 2 is 1.73 bits per heavy atom. The summed E-state index contributed by atoms with van der Waals surface area (Å²) in [6.45, 7) is 3.38. The van der Waals surface area contributed by atoms with Crippen LogP contribution in [0.1, 0.15) is 60.1 Å². The number of aliphatic hydroxyl groups is 1. The fraction of sp³-hybridized carbons (Fsp3) is 0.310. The number of aromatic hydroxyl groups is 1. The molecule has 0 bridgehead atoms. The number of aliphatic hydroxyl groups excluding tert-OH is 1. The van der Waals surface area contributed by atoms with E-state index in [4.69, 9.17) is 11.6 Å². The van der Waals surface area contributed by atoms with Gasteiger partial charge in [0.1, 0.15) is 17.7 Å². The minimum Gasteiger partial charge on any atom is -0.507 e. The lowest BCUT2D eigenvalue weighted by molar-refractivity contribution is 0.0811. The number of aryl methyl sites for hydroxylation is 1. The highest BCUT2D eigenvalue weighted by atomic mass is 35.5. The van der Waals surface area contributed by atoms with E-state index in [0.29, 0.717) is 38.6 Å². The lowest BCUT2D eigenvalue weighted by Crippen LogP contribution is -2.26. The molecule has 190 valence electrons. The second-order valence-electron chi connectivity index (χ2n) is 9.79. The van der Waals surface area contributed by atoms with Crippen LogP contribution in [-0.2, 0) is 0 Å². The van der Waals surface area contributed by atoms with Gasteiger partial charge in [-0.05, 0) is 74.1 Å². The fourth-order valence-corrected chi connectivity index (χ4v) is 5.86. The minimum absolute atomic E-state index is 0.0137. The molecule has 1 aromatic heterocycles. The van der Waals surface area contributed by atoms with Gasteiger partial charge in [0.2, 0.25) is 0 Å². The van der Waals surface area contributed by atoms with Gasteiger partial charge in [0, 0.05) is 28.3 Å². The lowest BCUT2D eigenvalue weighted by Gasteiger charge is -2.33. The van der Waals surface area contributed by atoms with Gasteiger partial charge >= 0.3 is 0 Å². The van der Waals surface area contributed by atoms with Gasteiger partial charge in [0.05, 0.1) is 28.7 Å². The Morgan fingerprint density at radius 1 is 1.08 bits per heavy atom. The molecule has 0 amide bonds. The van der Waals surface area contributed by atoms with Crippen LogP contribution in [0.2, 0.25) is 5.02 Å². The maximum absolute atomic E-state index is 14.6. The number of aromatic nitrogens is 2. The van der Waals surface area contributed by atoms with Gasteiger partial charge in [-0.1, -0.05) is 24.4 Å². The third-order valence-corrected chi connectivity index (χ3v) is 7.79. The van der Waals surface area contributed by atoms with E-state index in [0.717, 1.165) is 37.8 Å². The summed E-state index contributed by atoms with van der Waals surface area (Å²) in [4.78, 5) is 4.67. The van der Waals surface area contributed by atoms with E-state index in [1.807, 2.05) is 0 Å².